The quantitative estimate of drug-likeness (QED) is 0.308. The number of unbranched alkanes of at least 4 members (excludes halogenated alkanes) is 6. The Morgan fingerprint density at radius 2 is 1.71 bits per heavy atom. The van der Waals surface area contributed by atoms with Crippen molar-refractivity contribution >= 4 is 34.2 Å². The maximum atomic E-state index is 6.16. The largest absolute Gasteiger partial charge is 0.310 e. The third-order valence-corrected chi connectivity index (χ3v) is 5.10. The molecule has 21 heavy (non-hydrogen) atoms. The molecule has 1 unspecified atom stereocenters. The first-order valence-electron chi connectivity index (χ1n) is 8.37. The van der Waals surface area contributed by atoms with Crippen LogP contribution in [0, 0.1) is 3.57 Å². The van der Waals surface area contributed by atoms with Gasteiger partial charge >= 0.3 is 0 Å². The second-order valence-electron chi connectivity index (χ2n) is 5.69. The third-order valence-electron chi connectivity index (χ3n) is 3.88. The Hall–Kier alpha value is 0.200. The summed E-state index contributed by atoms with van der Waals surface area (Å²) in [5.74, 6) is 0. The predicted octanol–water partition coefficient (Wildman–Crippen LogP) is 6.74. The average Bonchev–Trinajstić information content (AvgIpc) is 2.48. The van der Waals surface area contributed by atoms with Crippen molar-refractivity contribution in [2.45, 2.75) is 71.3 Å². The van der Waals surface area contributed by atoms with Crippen molar-refractivity contribution in [1.82, 2.24) is 5.32 Å². The molecule has 0 bridgehead atoms. The molecule has 1 aromatic rings. The Labute approximate surface area is 149 Å². The van der Waals surface area contributed by atoms with E-state index in [0.717, 1.165) is 11.6 Å². The molecule has 0 aromatic heterocycles. The maximum absolute atomic E-state index is 6.16. The standard InChI is InChI=1S/C18H29ClIN/c1-3-5-6-7-8-9-10-11-18(21-4-2)16-14-15(19)12-13-17(16)20/h12-14,18,21H,3-11H2,1-2H3. The summed E-state index contributed by atoms with van der Waals surface area (Å²) in [5.41, 5.74) is 1.36. The zero-order chi connectivity index (χ0) is 15.5. The molecule has 0 radical (unpaired) electrons. The molecule has 1 nitrogen and oxygen atoms in total. The van der Waals surface area contributed by atoms with Gasteiger partial charge in [-0.25, -0.2) is 0 Å². The number of hydrogen-bond acceptors (Lipinski definition) is 1. The minimum absolute atomic E-state index is 0.441. The van der Waals surface area contributed by atoms with Gasteiger partial charge < -0.3 is 5.32 Å². The van der Waals surface area contributed by atoms with E-state index < -0.39 is 0 Å². The predicted molar refractivity (Wildman–Crippen MR) is 103 cm³/mol. The SMILES string of the molecule is CCCCCCCCCC(NCC)c1cc(Cl)ccc1I. The van der Waals surface area contributed by atoms with Gasteiger partial charge in [-0.2, -0.15) is 0 Å². The number of hydrogen-bond donors (Lipinski definition) is 1. The molecule has 1 atom stereocenters. The molecule has 1 N–H and O–H groups in total. The van der Waals surface area contributed by atoms with E-state index in [1.165, 1.54) is 60.5 Å². The summed E-state index contributed by atoms with van der Waals surface area (Å²) in [4.78, 5) is 0. The van der Waals surface area contributed by atoms with Crippen LogP contribution in [0.4, 0.5) is 0 Å². The van der Waals surface area contributed by atoms with Crippen LogP contribution in [0.25, 0.3) is 0 Å². The fourth-order valence-electron chi connectivity index (χ4n) is 2.70. The van der Waals surface area contributed by atoms with Crippen molar-refractivity contribution in [3.8, 4) is 0 Å². The van der Waals surface area contributed by atoms with E-state index in [-0.39, 0.29) is 0 Å². The molecule has 0 amide bonds. The van der Waals surface area contributed by atoms with Gasteiger partial charge in [0.15, 0.2) is 0 Å². The highest BCUT2D eigenvalue weighted by Crippen LogP contribution is 2.27. The van der Waals surface area contributed by atoms with Crippen LogP contribution in [0.15, 0.2) is 18.2 Å². The zero-order valence-electron chi connectivity index (χ0n) is 13.4. The first-order valence-corrected chi connectivity index (χ1v) is 9.83. The molecule has 0 heterocycles. The maximum Gasteiger partial charge on any atom is 0.0410 e. The Balaban J connectivity index is 2.41. The molecular weight excluding hydrogens is 393 g/mol. The van der Waals surface area contributed by atoms with E-state index in [1.807, 2.05) is 6.07 Å². The van der Waals surface area contributed by atoms with Gasteiger partial charge in [-0.1, -0.05) is 70.4 Å². The molecule has 0 fully saturated rings. The third kappa shape index (κ3) is 7.85. The Morgan fingerprint density at radius 3 is 2.38 bits per heavy atom. The molecule has 0 aliphatic heterocycles. The Bertz CT molecular complexity index is 395. The number of rotatable bonds is 11. The van der Waals surface area contributed by atoms with Crippen molar-refractivity contribution in [1.29, 1.82) is 0 Å². The van der Waals surface area contributed by atoms with Crippen molar-refractivity contribution in [2.75, 3.05) is 6.54 Å². The molecule has 3 heteroatoms. The summed E-state index contributed by atoms with van der Waals surface area (Å²) < 4.78 is 1.31. The van der Waals surface area contributed by atoms with E-state index >= 15 is 0 Å². The van der Waals surface area contributed by atoms with Gasteiger partial charge in [0.05, 0.1) is 0 Å². The molecule has 1 aromatic carbocycles. The van der Waals surface area contributed by atoms with Gasteiger partial charge in [0.2, 0.25) is 0 Å². The Kier molecular flexibility index (Phi) is 10.7. The van der Waals surface area contributed by atoms with Crippen molar-refractivity contribution in [2.24, 2.45) is 0 Å². The van der Waals surface area contributed by atoms with Crippen LogP contribution in [0.5, 0.6) is 0 Å². The van der Waals surface area contributed by atoms with Gasteiger partial charge in [-0.05, 0) is 59.3 Å². The molecule has 120 valence electrons. The molecule has 0 spiro atoms. The highest BCUT2D eigenvalue weighted by atomic mass is 127. The lowest BCUT2D eigenvalue weighted by Crippen LogP contribution is -2.21. The highest BCUT2D eigenvalue weighted by Gasteiger charge is 2.13. The van der Waals surface area contributed by atoms with Gasteiger partial charge in [0.25, 0.3) is 0 Å². The van der Waals surface area contributed by atoms with Gasteiger partial charge in [0, 0.05) is 14.6 Å². The van der Waals surface area contributed by atoms with Crippen molar-refractivity contribution < 1.29 is 0 Å². The van der Waals surface area contributed by atoms with E-state index in [4.69, 9.17) is 11.6 Å². The van der Waals surface area contributed by atoms with Crippen LogP contribution < -0.4 is 5.32 Å². The summed E-state index contributed by atoms with van der Waals surface area (Å²) >= 11 is 8.58. The summed E-state index contributed by atoms with van der Waals surface area (Å²) in [6, 6.07) is 6.66. The van der Waals surface area contributed by atoms with Crippen LogP contribution in [-0.2, 0) is 0 Å². The number of benzene rings is 1. The normalized spacial score (nSPS) is 12.6. The fraction of sp³-hybridized carbons (Fsp3) is 0.667. The van der Waals surface area contributed by atoms with Crippen molar-refractivity contribution in [3.63, 3.8) is 0 Å². The Morgan fingerprint density at radius 1 is 1.05 bits per heavy atom. The first kappa shape index (κ1) is 19.2. The molecular formula is C18H29ClIN. The average molecular weight is 422 g/mol. The lowest BCUT2D eigenvalue weighted by Gasteiger charge is -2.20. The lowest BCUT2D eigenvalue weighted by atomic mass is 9.99. The van der Waals surface area contributed by atoms with E-state index in [2.05, 4.69) is 53.9 Å². The molecule has 0 aliphatic rings. The topological polar surface area (TPSA) is 12.0 Å². The van der Waals surface area contributed by atoms with Gasteiger partial charge in [-0.15, -0.1) is 0 Å². The molecule has 1 rings (SSSR count). The smallest absolute Gasteiger partial charge is 0.0410 e. The summed E-state index contributed by atoms with van der Waals surface area (Å²) in [6.45, 7) is 5.45. The van der Waals surface area contributed by atoms with Crippen molar-refractivity contribution in [3.05, 3.63) is 32.4 Å². The first-order chi connectivity index (χ1) is 10.2. The monoisotopic (exact) mass is 421 g/mol. The molecule has 0 saturated heterocycles. The van der Waals surface area contributed by atoms with E-state index in [1.54, 1.807) is 0 Å². The van der Waals surface area contributed by atoms with Crippen LogP contribution in [0.3, 0.4) is 0 Å². The van der Waals surface area contributed by atoms with E-state index in [9.17, 15) is 0 Å². The van der Waals surface area contributed by atoms with Crippen LogP contribution in [0.1, 0.15) is 76.8 Å². The molecule has 0 aliphatic carbocycles. The minimum Gasteiger partial charge on any atom is -0.310 e. The van der Waals surface area contributed by atoms with Gasteiger partial charge in [-0.3, -0.25) is 0 Å². The fourth-order valence-corrected chi connectivity index (χ4v) is 3.59. The second kappa shape index (κ2) is 11.7. The minimum atomic E-state index is 0.441. The number of halogens is 2. The van der Waals surface area contributed by atoms with Crippen LogP contribution in [0.2, 0.25) is 5.02 Å². The van der Waals surface area contributed by atoms with Crippen LogP contribution >= 0.6 is 34.2 Å². The highest BCUT2D eigenvalue weighted by molar-refractivity contribution is 14.1. The second-order valence-corrected chi connectivity index (χ2v) is 7.28. The van der Waals surface area contributed by atoms with E-state index in [0.29, 0.717) is 6.04 Å². The lowest BCUT2D eigenvalue weighted by molar-refractivity contribution is 0.474. The summed E-state index contributed by atoms with van der Waals surface area (Å²) in [5, 5.41) is 4.46. The molecule has 0 saturated carbocycles. The summed E-state index contributed by atoms with van der Waals surface area (Å²) in [6.07, 6.45) is 10.8. The van der Waals surface area contributed by atoms with Crippen LogP contribution in [-0.4, -0.2) is 6.54 Å². The zero-order valence-corrected chi connectivity index (χ0v) is 16.3. The van der Waals surface area contributed by atoms with Gasteiger partial charge in [0.1, 0.15) is 0 Å². The summed E-state index contributed by atoms with van der Waals surface area (Å²) in [7, 11) is 0. The number of nitrogens with one attached hydrogen (secondary N) is 1.